The van der Waals surface area contributed by atoms with Gasteiger partial charge in [-0.1, -0.05) is 38.1 Å². The van der Waals surface area contributed by atoms with Crippen LogP contribution in [0, 0.1) is 0 Å². The fourth-order valence-corrected chi connectivity index (χ4v) is 2.09. The highest BCUT2D eigenvalue weighted by Gasteiger charge is 2.11. The molecule has 1 rings (SSSR count). The van der Waals surface area contributed by atoms with Gasteiger partial charge >= 0.3 is 6.03 Å². The van der Waals surface area contributed by atoms with Crippen LogP contribution in [0.1, 0.15) is 44.7 Å². The zero-order valence-electron chi connectivity index (χ0n) is 14.1. The van der Waals surface area contributed by atoms with Crippen molar-refractivity contribution in [1.29, 1.82) is 0 Å². The number of amides is 3. The van der Waals surface area contributed by atoms with E-state index in [0.717, 1.165) is 5.56 Å². The molecule has 2 N–H and O–H groups in total. The van der Waals surface area contributed by atoms with Gasteiger partial charge in [-0.3, -0.25) is 15.0 Å². The molecule has 0 spiro atoms. The Labute approximate surface area is 133 Å². The molecule has 3 amide bonds. The quantitative estimate of drug-likeness (QED) is 0.849. The highest BCUT2D eigenvalue weighted by atomic mass is 16.2. The topological polar surface area (TPSA) is 61.4 Å². The number of nitrogens with zero attached hydrogens (tertiary/aromatic N) is 1. The number of imide groups is 1. The van der Waals surface area contributed by atoms with Crippen LogP contribution in [0.3, 0.4) is 0 Å². The molecule has 0 atom stereocenters. The Morgan fingerprint density at radius 3 is 2.18 bits per heavy atom. The van der Waals surface area contributed by atoms with Crippen LogP contribution >= 0.6 is 0 Å². The van der Waals surface area contributed by atoms with Gasteiger partial charge in [-0.15, -0.1) is 0 Å². The van der Waals surface area contributed by atoms with Crippen LogP contribution in [0.4, 0.5) is 4.79 Å². The van der Waals surface area contributed by atoms with Crippen molar-refractivity contribution < 1.29 is 9.59 Å². The molecule has 0 saturated heterocycles. The van der Waals surface area contributed by atoms with Crippen LogP contribution in [-0.4, -0.2) is 36.5 Å². The highest BCUT2D eigenvalue weighted by molar-refractivity contribution is 5.95. The van der Waals surface area contributed by atoms with E-state index in [1.165, 1.54) is 5.56 Å². The zero-order valence-corrected chi connectivity index (χ0v) is 14.1. The highest BCUT2D eigenvalue weighted by Crippen LogP contribution is 2.15. The average Bonchev–Trinajstić information content (AvgIpc) is 2.37. The number of carbonyl (C=O) groups is 2. The number of benzene rings is 1. The molecule has 5 heteroatoms. The summed E-state index contributed by atoms with van der Waals surface area (Å²) in [7, 11) is 1.86. The van der Waals surface area contributed by atoms with E-state index in [1.54, 1.807) is 0 Å². The van der Waals surface area contributed by atoms with Gasteiger partial charge in [0.2, 0.25) is 5.91 Å². The van der Waals surface area contributed by atoms with Gasteiger partial charge in [-0.2, -0.15) is 0 Å². The van der Waals surface area contributed by atoms with Gasteiger partial charge < -0.3 is 5.32 Å². The molecule has 22 heavy (non-hydrogen) atoms. The molecule has 0 aromatic heterocycles. The lowest BCUT2D eigenvalue weighted by Crippen LogP contribution is -2.45. The van der Waals surface area contributed by atoms with Crippen molar-refractivity contribution >= 4 is 11.9 Å². The molecule has 0 saturated carbocycles. The Bertz CT molecular complexity index is 495. The van der Waals surface area contributed by atoms with Crippen LogP contribution in [0.2, 0.25) is 0 Å². The van der Waals surface area contributed by atoms with Crippen LogP contribution in [0.15, 0.2) is 24.3 Å². The lowest BCUT2D eigenvalue weighted by molar-refractivity contribution is -0.120. The minimum Gasteiger partial charge on any atom is -0.336 e. The summed E-state index contributed by atoms with van der Waals surface area (Å²) in [5.74, 6) is 0.205. The van der Waals surface area contributed by atoms with E-state index in [2.05, 4.69) is 48.7 Å². The van der Waals surface area contributed by atoms with E-state index in [1.807, 2.05) is 25.8 Å². The summed E-state index contributed by atoms with van der Waals surface area (Å²) >= 11 is 0. The summed E-state index contributed by atoms with van der Waals surface area (Å²) in [6.45, 7) is 8.85. The molecule has 0 radical (unpaired) electrons. The number of likely N-dealkylation sites (N-methyl/N-ethyl adjacent to an activating group) is 1. The molecule has 0 aliphatic heterocycles. The van der Waals surface area contributed by atoms with Crippen molar-refractivity contribution in [1.82, 2.24) is 15.5 Å². The summed E-state index contributed by atoms with van der Waals surface area (Å²) in [6, 6.07) is 7.94. The van der Waals surface area contributed by atoms with Crippen molar-refractivity contribution in [2.24, 2.45) is 0 Å². The van der Waals surface area contributed by atoms with Crippen LogP contribution in [0.25, 0.3) is 0 Å². The number of carbonyl (C=O) groups excluding carboxylic acids is 2. The monoisotopic (exact) mass is 305 g/mol. The molecule has 1 aromatic carbocycles. The van der Waals surface area contributed by atoms with Crippen LogP contribution in [0.5, 0.6) is 0 Å². The van der Waals surface area contributed by atoms with Crippen molar-refractivity contribution in [3.05, 3.63) is 35.4 Å². The largest absolute Gasteiger partial charge is 0.336 e. The first-order valence-corrected chi connectivity index (χ1v) is 7.65. The number of hydrogen-bond acceptors (Lipinski definition) is 3. The Morgan fingerprint density at radius 1 is 1.09 bits per heavy atom. The first kappa shape index (κ1) is 18.2. The molecule has 0 unspecified atom stereocenters. The van der Waals surface area contributed by atoms with Gasteiger partial charge in [-0.25, -0.2) is 4.79 Å². The molecule has 0 aliphatic carbocycles. The first-order chi connectivity index (χ1) is 10.3. The van der Waals surface area contributed by atoms with E-state index >= 15 is 0 Å². The second-order valence-electron chi connectivity index (χ2n) is 6.24. The molecule has 5 nitrogen and oxygen atoms in total. The van der Waals surface area contributed by atoms with E-state index in [9.17, 15) is 9.59 Å². The minimum atomic E-state index is -0.449. The smallest absolute Gasteiger partial charge is 0.321 e. The maximum Gasteiger partial charge on any atom is 0.321 e. The van der Waals surface area contributed by atoms with Crippen LogP contribution in [-0.2, 0) is 11.3 Å². The molecule has 0 heterocycles. The second-order valence-corrected chi connectivity index (χ2v) is 6.24. The van der Waals surface area contributed by atoms with E-state index < -0.39 is 6.03 Å². The number of rotatable bonds is 6. The standard InChI is InChI=1S/C17H27N3O2/c1-12(2)15-8-6-14(7-9-15)10-20(5)11-16(21)19-17(22)18-13(3)4/h6-9,12-13H,10-11H2,1-5H3,(H2,18,19,21,22). The van der Waals surface area contributed by atoms with Gasteiger partial charge in [0.05, 0.1) is 6.54 Å². The maximum absolute atomic E-state index is 11.8. The number of hydrogen-bond donors (Lipinski definition) is 2. The Hall–Kier alpha value is -1.88. The van der Waals surface area contributed by atoms with Crippen molar-refractivity contribution in [2.45, 2.75) is 46.2 Å². The molecule has 0 fully saturated rings. The molecule has 122 valence electrons. The van der Waals surface area contributed by atoms with Crippen LogP contribution < -0.4 is 10.6 Å². The predicted molar refractivity (Wildman–Crippen MR) is 88.7 cm³/mol. The van der Waals surface area contributed by atoms with E-state index in [4.69, 9.17) is 0 Å². The maximum atomic E-state index is 11.8. The lowest BCUT2D eigenvalue weighted by Gasteiger charge is -2.17. The van der Waals surface area contributed by atoms with Crippen molar-refractivity contribution in [3.63, 3.8) is 0 Å². The van der Waals surface area contributed by atoms with Gasteiger partial charge in [0.25, 0.3) is 0 Å². The summed E-state index contributed by atoms with van der Waals surface area (Å²) in [5, 5.41) is 4.95. The lowest BCUT2D eigenvalue weighted by atomic mass is 10.0. The SMILES string of the molecule is CC(C)NC(=O)NC(=O)CN(C)Cc1ccc(C(C)C)cc1. The normalized spacial score (nSPS) is 11.1. The minimum absolute atomic E-state index is 0.00463. The van der Waals surface area contributed by atoms with Gasteiger partial charge in [-0.05, 0) is 37.9 Å². The fraction of sp³-hybridized carbons (Fsp3) is 0.529. The third-order valence-corrected chi connectivity index (χ3v) is 3.19. The Balaban J connectivity index is 2.43. The van der Waals surface area contributed by atoms with E-state index in [0.29, 0.717) is 12.5 Å². The van der Waals surface area contributed by atoms with Gasteiger partial charge in [0.1, 0.15) is 0 Å². The molecular weight excluding hydrogens is 278 g/mol. The predicted octanol–water partition coefficient (Wildman–Crippen LogP) is 2.48. The third-order valence-electron chi connectivity index (χ3n) is 3.19. The summed E-state index contributed by atoms with van der Waals surface area (Å²) in [5.41, 5.74) is 2.45. The Morgan fingerprint density at radius 2 is 1.68 bits per heavy atom. The van der Waals surface area contributed by atoms with E-state index in [-0.39, 0.29) is 18.5 Å². The third kappa shape index (κ3) is 6.72. The summed E-state index contributed by atoms with van der Waals surface area (Å²) < 4.78 is 0. The van der Waals surface area contributed by atoms with Crippen molar-refractivity contribution in [3.8, 4) is 0 Å². The second kappa shape index (κ2) is 8.54. The zero-order chi connectivity index (χ0) is 16.7. The molecule has 0 bridgehead atoms. The number of nitrogens with one attached hydrogen (secondary N) is 2. The molecular formula is C17H27N3O2. The molecule has 1 aromatic rings. The van der Waals surface area contributed by atoms with Crippen molar-refractivity contribution in [2.75, 3.05) is 13.6 Å². The summed E-state index contributed by atoms with van der Waals surface area (Å²) in [6.07, 6.45) is 0. The summed E-state index contributed by atoms with van der Waals surface area (Å²) in [4.78, 5) is 25.1. The number of urea groups is 1. The Kier molecular flexibility index (Phi) is 7.05. The fourth-order valence-electron chi connectivity index (χ4n) is 2.09. The molecule has 0 aliphatic rings. The van der Waals surface area contributed by atoms with Gasteiger partial charge in [0.15, 0.2) is 0 Å². The first-order valence-electron chi connectivity index (χ1n) is 7.65. The van der Waals surface area contributed by atoms with Gasteiger partial charge in [0, 0.05) is 12.6 Å². The average molecular weight is 305 g/mol.